The predicted molar refractivity (Wildman–Crippen MR) is 80.9 cm³/mol. The van der Waals surface area contributed by atoms with Gasteiger partial charge in [-0.25, -0.2) is 0 Å². The minimum absolute atomic E-state index is 0.0360. The summed E-state index contributed by atoms with van der Waals surface area (Å²) in [6.45, 7) is 4.89. The zero-order valence-electron chi connectivity index (χ0n) is 11.9. The van der Waals surface area contributed by atoms with Crippen LogP contribution >= 0.6 is 11.6 Å². The van der Waals surface area contributed by atoms with Gasteiger partial charge in [0.05, 0.1) is 17.1 Å². The van der Waals surface area contributed by atoms with Gasteiger partial charge >= 0.3 is 0 Å². The Bertz CT molecular complexity index is 461. The fraction of sp³-hybridized carbons (Fsp3) is 0.467. The Labute approximate surface area is 124 Å². The van der Waals surface area contributed by atoms with Crippen LogP contribution < -0.4 is 10.6 Å². The SMILES string of the molecule is CC(C)CCCNC(=O)CNC(=O)c1ccccc1Cl. The molecule has 0 aromatic heterocycles. The van der Waals surface area contributed by atoms with Crippen LogP contribution in [-0.2, 0) is 4.79 Å². The molecule has 0 aliphatic carbocycles. The fourth-order valence-corrected chi connectivity index (χ4v) is 1.92. The lowest BCUT2D eigenvalue weighted by atomic mass is 10.1. The molecule has 0 saturated heterocycles. The van der Waals surface area contributed by atoms with E-state index in [-0.39, 0.29) is 18.4 Å². The van der Waals surface area contributed by atoms with Crippen LogP contribution in [0.3, 0.4) is 0 Å². The molecule has 0 aliphatic heterocycles. The molecule has 0 unspecified atom stereocenters. The highest BCUT2D eigenvalue weighted by Crippen LogP contribution is 2.14. The Kier molecular flexibility index (Phi) is 7.09. The molecule has 2 N–H and O–H groups in total. The van der Waals surface area contributed by atoms with Crippen molar-refractivity contribution in [2.45, 2.75) is 26.7 Å². The fourth-order valence-electron chi connectivity index (χ4n) is 1.70. The monoisotopic (exact) mass is 296 g/mol. The number of rotatable bonds is 7. The number of nitrogens with one attached hydrogen (secondary N) is 2. The highest BCUT2D eigenvalue weighted by Gasteiger charge is 2.10. The lowest BCUT2D eigenvalue weighted by molar-refractivity contribution is -0.120. The summed E-state index contributed by atoms with van der Waals surface area (Å²) in [6.07, 6.45) is 2.02. The summed E-state index contributed by atoms with van der Waals surface area (Å²) >= 11 is 5.91. The van der Waals surface area contributed by atoms with Crippen molar-refractivity contribution >= 4 is 23.4 Å². The van der Waals surface area contributed by atoms with Crippen molar-refractivity contribution in [3.05, 3.63) is 34.9 Å². The minimum Gasteiger partial charge on any atom is -0.355 e. The van der Waals surface area contributed by atoms with Crippen molar-refractivity contribution in [3.8, 4) is 0 Å². The van der Waals surface area contributed by atoms with Crippen LogP contribution in [0, 0.1) is 5.92 Å². The lowest BCUT2D eigenvalue weighted by Gasteiger charge is -2.08. The molecule has 0 atom stereocenters. The van der Waals surface area contributed by atoms with Crippen molar-refractivity contribution in [2.75, 3.05) is 13.1 Å². The number of hydrogen-bond acceptors (Lipinski definition) is 2. The van der Waals surface area contributed by atoms with Crippen LogP contribution in [0.4, 0.5) is 0 Å². The van der Waals surface area contributed by atoms with E-state index in [1.165, 1.54) is 0 Å². The van der Waals surface area contributed by atoms with E-state index in [0.717, 1.165) is 12.8 Å². The number of amides is 2. The first-order valence-corrected chi connectivity index (χ1v) is 7.18. The molecule has 0 fully saturated rings. The molecule has 110 valence electrons. The Balaban J connectivity index is 2.27. The van der Waals surface area contributed by atoms with Crippen LogP contribution in [0.15, 0.2) is 24.3 Å². The maximum Gasteiger partial charge on any atom is 0.253 e. The zero-order chi connectivity index (χ0) is 15.0. The second-order valence-electron chi connectivity index (χ2n) is 5.05. The molecule has 20 heavy (non-hydrogen) atoms. The molecule has 4 nitrogen and oxygen atoms in total. The third-order valence-electron chi connectivity index (χ3n) is 2.81. The molecule has 5 heteroatoms. The number of halogens is 1. The Morgan fingerprint density at radius 2 is 1.90 bits per heavy atom. The summed E-state index contributed by atoms with van der Waals surface area (Å²) in [4.78, 5) is 23.4. The van der Waals surface area contributed by atoms with E-state index in [9.17, 15) is 9.59 Å². The molecule has 0 saturated carbocycles. The summed E-state index contributed by atoms with van der Waals surface area (Å²) in [5.74, 6) is 0.105. The molecule has 1 rings (SSSR count). The number of carbonyl (C=O) groups is 2. The molecule has 0 spiro atoms. The maximum atomic E-state index is 11.8. The Morgan fingerprint density at radius 3 is 2.55 bits per heavy atom. The normalized spacial score (nSPS) is 10.4. The molecule has 2 amide bonds. The molecule has 1 aromatic rings. The first-order valence-electron chi connectivity index (χ1n) is 6.80. The minimum atomic E-state index is -0.340. The second-order valence-corrected chi connectivity index (χ2v) is 5.46. The topological polar surface area (TPSA) is 58.2 Å². The van der Waals surface area contributed by atoms with E-state index < -0.39 is 0 Å². The van der Waals surface area contributed by atoms with Gasteiger partial charge in [-0.3, -0.25) is 9.59 Å². The predicted octanol–water partition coefficient (Wildman–Crippen LogP) is 2.62. The Hall–Kier alpha value is -1.55. The summed E-state index contributed by atoms with van der Waals surface area (Å²) in [5.41, 5.74) is 0.377. The van der Waals surface area contributed by atoms with Crippen LogP contribution in [0.5, 0.6) is 0 Å². The standard InChI is InChI=1S/C15H21ClN2O2/c1-11(2)6-5-9-17-14(19)10-18-15(20)12-7-3-4-8-13(12)16/h3-4,7-8,11H,5-6,9-10H2,1-2H3,(H,17,19)(H,18,20). The molecule has 0 bridgehead atoms. The number of benzene rings is 1. The first kappa shape index (κ1) is 16.5. The van der Waals surface area contributed by atoms with Crippen molar-refractivity contribution in [1.29, 1.82) is 0 Å². The second kappa shape index (κ2) is 8.59. The van der Waals surface area contributed by atoms with E-state index in [1.807, 2.05) is 0 Å². The van der Waals surface area contributed by atoms with Gasteiger partial charge < -0.3 is 10.6 Å². The van der Waals surface area contributed by atoms with Crippen LogP contribution in [0.2, 0.25) is 5.02 Å². The quantitative estimate of drug-likeness (QED) is 0.760. The van der Waals surface area contributed by atoms with E-state index in [1.54, 1.807) is 24.3 Å². The third kappa shape index (κ3) is 6.06. The van der Waals surface area contributed by atoms with Gasteiger partial charge in [-0.05, 0) is 30.9 Å². The van der Waals surface area contributed by atoms with E-state index in [0.29, 0.717) is 23.0 Å². The summed E-state index contributed by atoms with van der Waals surface area (Å²) in [5, 5.41) is 5.70. The van der Waals surface area contributed by atoms with Gasteiger partial charge in [-0.15, -0.1) is 0 Å². The van der Waals surface area contributed by atoms with Gasteiger partial charge in [0.2, 0.25) is 5.91 Å². The van der Waals surface area contributed by atoms with Crippen LogP contribution in [0.1, 0.15) is 37.0 Å². The van der Waals surface area contributed by atoms with Crippen molar-refractivity contribution in [1.82, 2.24) is 10.6 Å². The molecule has 1 aromatic carbocycles. The summed E-state index contributed by atoms with van der Waals surface area (Å²) in [6, 6.07) is 6.74. The van der Waals surface area contributed by atoms with E-state index in [2.05, 4.69) is 24.5 Å². The molecular formula is C15H21ClN2O2. The largest absolute Gasteiger partial charge is 0.355 e. The van der Waals surface area contributed by atoms with Gasteiger partial charge in [0, 0.05) is 6.54 Å². The Morgan fingerprint density at radius 1 is 1.20 bits per heavy atom. The maximum absolute atomic E-state index is 11.8. The van der Waals surface area contributed by atoms with Crippen molar-refractivity contribution in [3.63, 3.8) is 0 Å². The molecule has 0 radical (unpaired) electrons. The van der Waals surface area contributed by atoms with Gasteiger partial charge in [0.25, 0.3) is 5.91 Å². The van der Waals surface area contributed by atoms with E-state index in [4.69, 9.17) is 11.6 Å². The third-order valence-corrected chi connectivity index (χ3v) is 3.14. The smallest absolute Gasteiger partial charge is 0.253 e. The average molecular weight is 297 g/mol. The van der Waals surface area contributed by atoms with Crippen molar-refractivity contribution < 1.29 is 9.59 Å². The van der Waals surface area contributed by atoms with Gasteiger partial charge in [0.15, 0.2) is 0 Å². The van der Waals surface area contributed by atoms with Crippen LogP contribution in [0.25, 0.3) is 0 Å². The van der Waals surface area contributed by atoms with Gasteiger partial charge in [-0.2, -0.15) is 0 Å². The lowest BCUT2D eigenvalue weighted by Crippen LogP contribution is -2.37. The highest BCUT2D eigenvalue weighted by molar-refractivity contribution is 6.33. The van der Waals surface area contributed by atoms with E-state index >= 15 is 0 Å². The average Bonchev–Trinajstić information content (AvgIpc) is 2.41. The highest BCUT2D eigenvalue weighted by atomic mass is 35.5. The number of carbonyl (C=O) groups excluding carboxylic acids is 2. The van der Waals surface area contributed by atoms with Gasteiger partial charge in [0.1, 0.15) is 0 Å². The number of hydrogen-bond donors (Lipinski definition) is 2. The zero-order valence-corrected chi connectivity index (χ0v) is 12.7. The molecular weight excluding hydrogens is 276 g/mol. The van der Waals surface area contributed by atoms with Crippen molar-refractivity contribution in [2.24, 2.45) is 5.92 Å². The molecule has 0 heterocycles. The summed E-state index contributed by atoms with van der Waals surface area (Å²) < 4.78 is 0. The first-order chi connectivity index (χ1) is 9.50. The van der Waals surface area contributed by atoms with Gasteiger partial charge in [-0.1, -0.05) is 37.6 Å². The summed E-state index contributed by atoms with van der Waals surface area (Å²) in [7, 11) is 0. The molecule has 0 aliphatic rings. The van der Waals surface area contributed by atoms with Crippen LogP contribution in [-0.4, -0.2) is 24.9 Å².